The topological polar surface area (TPSA) is 52.0 Å². The Morgan fingerprint density at radius 3 is 1.80 bits per heavy atom. The van der Waals surface area contributed by atoms with Crippen LogP contribution in [0.5, 0.6) is 0 Å². The van der Waals surface area contributed by atoms with Crippen LogP contribution in [0.4, 0.5) is 11.4 Å². The first-order valence-electron chi connectivity index (χ1n) is 12.9. The maximum Gasteiger partial charge on any atom is 0.0499 e. The first kappa shape index (κ1) is 27.1. The van der Waals surface area contributed by atoms with Gasteiger partial charge < -0.3 is 11.5 Å². The number of rotatable bonds is 7. The molecule has 0 aliphatic heterocycles. The highest BCUT2D eigenvalue weighted by Crippen LogP contribution is 2.42. The molecular formula is C32H43ClN2. The third kappa shape index (κ3) is 4.83. The van der Waals surface area contributed by atoms with Crippen molar-refractivity contribution in [1.29, 1.82) is 0 Å². The van der Waals surface area contributed by atoms with Gasteiger partial charge >= 0.3 is 0 Å². The Kier molecular flexibility index (Phi) is 7.67. The Morgan fingerprint density at radius 1 is 0.771 bits per heavy atom. The van der Waals surface area contributed by atoms with E-state index in [1.807, 2.05) is 0 Å². The van der Waals surface area contributed by atoms with E-state index >= 15 is 0 Å². The molecule has 188 valence electrons. The highest BCUT2D eigenvalue weighted by Gasteiger charge is 2.30. The van der Waals surface area contributed by atoms with Crippen LogP contribution in [0, 0.1) is 6.92 Å². The van der Waals surface area contributed by atoms with E-state index in [1.54, 1.807) is 0 Å². The minimum Gasteiger partial charge on any atom is -0.398 e. The number of hydrogen-bond acceptors (Lipinski definition) is 2. The number of benzene rings is 3. The Labute approximate surface area is 218 Å². The van der Waals surface area contributed by atoms with Gasteiger partial charge in [-0.1, -0.05) is 109 Å². The van der Waals surface area contributed by atoms with Gasteiger partial charge in [0.2, 0.25) is 0 Å². The van der Waals surface area contributed by atoms with Gasteiger partial charge in [0.15, 0.2) is 0 Å². The zero-order valence-corrected chi connectivity index (χ0v) is 23.8. The van der Waals surface area contributed by atoms with Crippen molar-refractivity contribution in [3.05, 3.63) is 92.0 Å². The van der Waals surface area contributed by atoms with Crippen molar-refractivity contribution in [2.45, 2.75) is 91.9 Å². The van der Waals surface area contributed by atoms with Gasteiger partial charge in [-0.05, 0) is 70.2 Å². The lowest BCUT2D eigenvalue weighted by Crippen LogP contribution is -2.23. The lowest BCUT2D eigenvalue weighted by molar-refractivity contribution is 0.624. The van der Waals surface area contributed by atoms with Crippen molar-refractivity contribution in [3.8, 4) is 0 Å². The first-order valence-corrected chi connectivity index (χ1v) is 13.3. The number of halogens is 1. The second kappa shape index (κ2) is 9.90. The molecule has 0 saturated heterocycles. The fourth-order valence-corrected chi connectivity index (χ4v) is 5.70. The van der Waals surface area contributed by atoms with Crippen molar-refractivity contribution in [1.82, 2.24) is 0 Å². The van der Waals surface area contributed by atoms with Crippen molar-refractivity contribution >= 4 is 23.0 Å². The maximum absolute atomic E-state index is 6.94. The molecule has 3 heteroatoms. The summed E-state index contributed by atoms with van der Waals surface area (Å²) in [6.07, 6.45) is 1.72. The number of nitrogens with two attached hydrogens (primary N) is 2. The number of anilines is 2. The largest absolute Gasteiger partial charge is 0.398 e. The molecule has 0 spiro atoms. The lowest BCUT2D eigenvalue weighted by Gasteiger charge is -2.32. The smallest absolute Gasteiger partial charge is 0.0499 e. The van der Waals surface area contributed by atoms with Crippen LogP contribution in [0.25, 0.3) is 0 Å². The van der Waals surface area contributed by atoms with E-state index in [9.17, 15) is 0 Å². The van der Waals surface area contributed by atoms with E-state index in [1.165, 1.54) is 27.8 Å². The van der Waals surface area contributed by atoms with Gasteiger partial charge in [0.05, 0.1) is 0 Å². The lowest BCUT2D eigenvalue weighted by atomic mass is 9.73. The second-order valence-electron chi connectivity index (χ2n) is 11.3. The molecule has 35 heavy (non-hydrogen) atoms. The average Bonchev–Trinajstić information content (AvgIpc) is 2.80. The molecule has 0 saturated carbocycles. The molecule has 2 nitrogen and oxygen atoms in total. The van der Waals surface area contributed by atoms with Gasteiger partial charge in [0.1, 0.15) is 0 Å². The van der Waals surface area contributed by atoms with Crippen LogP contribution in [-0.2, 0) is 23.7 Å². The molecule has 0 aliphatic rings. The Bertz CT molecular complexity index is 1220. The SMILES string of the molecule is CCc1cc(C(C)(C)c2ccc(C(C)(C)c3cc(C)c(N)c(C(C)C)c3)cc2)c(Cl)c(CC)c1N. The Morgan fingerprint density at radius 2 is 1.31 bits per heavy atom. The van der Waals surface area contributed by atoms with Gasteiger partial charge in [-0.25, -0.2) is 0 Å². The fourth-order valence-electron chi connectivity index (χ4n) is 5.17. The van der Waals surface area contributed by atoms with Crippen LogP contribution in [0.1, 0.15) is 106 Å². The molecule has 3 aromatic carbocycles. The average molecular weight is 491 g/mol. The summed E-state index contributed by atoms with van der Waals surface area (Å²) in [5, 5.41) is 0.801. The maximum atomic E-state index is 6.94. The molecule has 0 unspecified atom stereocenters. The summed E-state index contributed by atoms with van der Waals surface area (Å²) in [6, 6.07) is 15.8. The van der Waals surface area contributed by atoms with E-state index in [2.05, 4.69) is 105 Å². The summed E-state index contributed by atoms with van der Waals surface area (Å²) in [6.45, 7) is 19.9. The summed E-state index contributed by atoms with van der Waals surface area (Å²) >= 11 is 6.94. The van der Waals surface area contributed by atoms with E-state index in [-0.39, 0.29) is 10.8 Å². The minimum atomic E-state index is -0.246. The molecular weight excluding hydrogens is 448 g/mol. The third-order valence-corrected chi connectivity index (χ3v) is 8.42. The fraction of sp³-hybridized carbons (Fsp3) is 0.438. The van der Waals surface area contributed by atoms with E-state index in [0.29, 0.717) is 5.92 Å². The van der Waals surface area contributed by atoms with Gasteiger partial charge in [0.25, 0.3) is 0 Å². The van der Waals surface area contributed by atoms with Crippen LogP contribution < -0.4 is 11.5 Å². The quantitative estimate of drug-likeness (QED) is 0.325. The number of hydrogen-bond donors (Lipinski definition) is 2. The highest BCUT2D eigenvalue weighted by atomic mass is 35.5. The summed E-state index contributed by atoms with van der Waals surface area (Å²) < 4.78 is 0. The molecule has 0 fully saturated rings. The van der Waals surface area contributed by atoms with Crippen molar-refractivity contribution in [3.63, 3.8) is 0 Å². The molecule has 0 radical (unpaired) electrons. The third-order valence-electron chi connectivity index (χ3n) is 7.99. The normalized spacial score (nSPS) is 12.4. The minimum absolute atomic E-state index is 0.144. The first-order chi connectivity index (χ1) is 16.3. The zero-order valence-electron chi connectivity index (χ0n) is 23.1. The van der Waals surface area contributed by atoms with Crippen LogP contribution in [-0.4, -0.2) is 0 Å². The Balaban J connectivity index is 2.06. The summed E-state index contributed by atoms with van der Waals surface area (Å²) in [7, 11) is 0. The molecule has 0 bridgehead atoms. The summed E-state index contributed by atoms with van der Waals surface area (Å²) in [5.41, 5.74) is 23.8. The number of aryl methyl sites for hydroxylation is 2. The molecule has 0 aromatic heterocycles. The van der Waals surface area contributed by atoms with E-state index in [0.717, 1.165) is 45.9 Å². The van der Waals surface area contributed by atoms with Gasteiger partial charge in [-0.3, -0.25) is 0 Å². The van der Waals surface area contributed by atoms with Gasteiger partial charge in [-0.2, -0.15) is 0 Å². The Hall–Kier alpha value is -2.45. The van der Waals surface area contributed by atoms with Crippen molar-refractivity contribution in [2.24, 2.45) is 0 Å². The van der Waals surface area contributed by atoms with Crippen LogP contribution in [0.2, 0.25) is 5.02 Å². The molecule has 0 aliphatic carbocycles. The van der Waals surface area contributed by atoms with Crippen LogP contribution in [0.3, 0.4) is 0 Å². The van der Waals surface area contributed by atoms with Crippen LogP contribution in [0.15, 0.2) is 42.5 Å². The summed E-state index contributed by atoms with van der Waals surface area (Å²) in [5.74, 6) is 0.387. The van der Waals surface area contributed by atoms with E-state index in [4.69, 9.17) is 23.1 Å². The molecule has 0 heterocycles. The monoisotopic (exact) mass is 490 g/mol. The molecule has 3 rings (SSSR count). The van der Waals surface area contributed by atoms with Crippen LogP contribution >= 0.6 is 11.6 Å². The van der Waals surface area contributed by atoms with Gasteiger partial charge in [0, 0.05) is 27.2 Å². The molecule has 0 atom stereocenters. The molecule has 0 amide bonds. The van der Waals surface area contributed by atoms with Crippen molar-refractivity contribution in [2.75, 3.05) is 11.5 Å². The predicted molar refractivity (Wildman–Crippen MR) is 155 cm³/mol. The summed E-state index contributed by atoms with van der Waals surface area (Å²) in [4.78, 5) is 0. The highest BCUT2D eigenvalue weighted by molar-refractivity contribution is 6.32. The molecule has 4 N–H and O–H groups in total. The standard InChI is InChI=1S/C32H43ClN2/c1-10-21-17-27(28(33)25(11-2)30(21)35)32(8,9)23-14-12-22(13-15-23)31(6,7)24-16-20(5)29(34)26(18-24)19(3)4/h12-19H,10-11,34-35H2,1-9H3. The predicted octanol–water partition coefficient (Wildman–Crippen LogP) is 8.71. The van der Waals surface area contributed by atoms with E-state index < -0.39 is 0 Å². The zero-order chi connectivity index (χ0) is 26.3. The van der Waals surface area contributed by atoms with Crippen molar-refractivity contribution < 1.29 is 0 Å². The number of nitrogen functional groups attached to an aromatic ring is 2. The molecule has 3 aromatic rings. The van der Waals surface area contributed by atoms with Gasteiger partial charge in [-0.15, -0.1) is 0 Å². The second-order valence-corrected chi connectivity index (χ2v) is 11.7.